The van der Waals surface area contributed by atoms with Gasteiger partial charge in [0.2, 0.25) is 0 Å². The Bertz CT molecular complexity index is 626. The van der Waals surface area contributed by atoms with Gasteiger partial charge in [0.1, 0.15) is 0 Å². The van der Waals surface area contributed by atoms with Crippen LogP contribution in [0.3, 0.4) is 0 Å². The van der Waals surface area contributed by atoms with Crippen molar-refractivity contribution in [2.75, 3.05) is 0 Å². The highest BCUT2D eigenvalue weighted by Gasteiger charge is 2.81. The molecule has 0 heterocycles. The van der Waals surface area contributed by atoms with Crippen LogP contribution in [0.25, 0.3) is 0 Å². The number of halogens is 13. The molecule has 1 unspecified atom stereocenters. The van der Waals surface area contributed by atoms with Crippen LogP contribution in [0.2, 0.25) is 0 Å². The highest BCUT2D eigenvalue weighted by atomic mass is 79.9. The third-order valence-electron chi connectivity index (χ3n) is 2.86. The maximum Gasteiger partial charge on any atom is 0.457 e. The summed E-state index contributed by atoms with van der Waals surface area (Å²) in [5.74, 6) is -6.96. The van der Waals surface area contributed by atoms with Gasteiger partial charge >= 0.3 is 30.1 Å². The molecule has 0 saturated heterocycles. The molecule has 0 N–H and O–H groups in total. The minimum atomic E-state index is -6.96. The molecule has 1 rings (SSSR count). The first-order chi connectivity index (χ1) is 10.8. The van der Waals surface area contributed by atoms with Crippen LogP contribution >= 0.6 is 15.9 Å². The first-order valence-electron chi connectivity index (χ1n) is 5.82. The van der Waals surface area contributed by atoms with Crippen LogP contribution in [0.4, 0.5) is 52.7 Å². The van der Waals surface area contributed by atoms with Gasteiger partial charge in [-0.05, 0) is 11.6 Å². The minimum absolute atomic E-state index is 0.146. The highest BCUT2D eigenvalue weighted by molar-refractivity contribution is 9.10. The lowest BCUT2D eigenvalue weighted by Gasteiger charge is -2.36. The van der Waals surface area contributed by atoms with Crippen molar-refractivity contribution in [2.45, 2.75) is 36.5 Å². The van der Waals surface area contributed by atoms with E-state index < -0.39 is 52.1 Å². The zero-order chi connectivity index (χ0) is 20.1. The van der Waals surface area contributed by atoms with E-state index in [1.54, 1.807) is 6.07 Å². The summed E-state index contributed by atoms with van der Waals surface area (Å²) in [6.45, 7) is 0. The van der Waals surface area contributed by atoms with E-state index in [1.165, 1.54) is 0 Å². The molecule has 0 nitrogen and oxygen atoms in total. The second-order valence-electron chi connectivity index (χ2n) is 4.76. The van der Waals surface area contributed by atoms with Crippen molar-refractivity contribution in [3.63, 3.8) is 0 Å². The van der Waals surface area contributed by atoms with E-state index in [9.17, 15) is 52.7 Å². The lowest BCUT2D eigenvalue weighted by molar-refractivity contribution is -0.389. The van der Waals surface area contributed by atoms with Crippen molar-refractivity contribution in [1.82, 2.24) is 0 Å². The molecule has 13 heteroatoms. The Kier molecular flexibility index (Phi) is 5.46. The molecular formula is C12H4BrF12. The fourth-order valence-electron chi connectivity index (χ4n) is 1.82. The Morgan fingerprint density at radius 3 is 1.60 bits per heavy atom. The summed E-state index contributed by atoms with van der Waals surface area (Å²) in [6.07, 6.45) is -20.8. The SMILES string of the molecule is FC(F)(F)Cc1[c]c(Br)cc(C(F)(C(F)(F)F)C(F)(F)C(F)(F)F)c1. The Hall–Kier alpha value is -1.14. The molecular weight excluding hydrogens is 452 g/mol. The lowest BCUT2D eigenvalue weighted by Crippen LogP contribution is -2.59. The normalized spacial score (nSPS) is 16.7. The van der Waals surface area contributed by atoms with Gasteiger partial charge in [-0.1, -0.05) is 22.0 Å². The average Bonchev–Trinajstić information content (AvgIpc) is 2.31. The van der Waals surface area contributed by atoms with E-state index in [1.807, 2.05) is 0 Å². The molecule has 1 atom stereocenters. The molecule has 0 bridgehead atoms. The third kappa shape index (κ3) is 4.17. The monoisotopic (exact) mass is 455 g/mol. The zero-order valence-corrected chi connectivity index (χ0v) is 12.9. The maximum atomic E-state index is 14.2. The van der Waals surface area contributed by atoms with Crippen LogP contribution in [-0.4, -0.2) is 24.5 Å². The van der Waals surface area contributed by atoms with Gasteiger partial charge < -0.3 is 0 Å². The molecule has 0 aliphatic carbocycles. The number of rotatable bonds is 3. The maximum absolute atomic E-state index is 14.2. The fraction of sp³-hybridized carbons (Fsp3) is 0.500. The molecule has 0 spiro atoms. The van der Waals surface area contributed by atoms with Gasteiger partial charge in [-0.25, -0.2) is 4.39 Å². The van der Waals surface area contributed by atoms with Crippen LogP contribution in [0.5, 0.6) is 0 Å². The van der Waals surface area contributed by atoms with E-state index >= 15 is 0 Å². The molecule has 0 aliphatic rings. The van der Waals surface area contributed by atoms with Crippen LogP contribution in [-0.2, 0) is 12.1 Å². The van der Waals surface area contributed by atoms with Crippen molar-refractivity contribution >= 4 is 15.9 Å². The van der Waals surface area contributed by atoms with Crippen molar-refractivity contribution < 1.29 is 52.7 Å². The van der Waals surface area contributed by atoms with Crippen molar-refractivity contribution in [2.24, 2.45) is 0 Å². The van der Waals surface area contributed by atoms with Gasteiger partial charge in [-0.3, -0.25) is 0 Å². The van der Waals surface area contributed by atoms with Gasteiger partial charge in [0.25, 0.3) is 0 Å². The summed E-state index contributed by atoms with van der Waals surface area (Å²) < 4.78 is 152. The minimum Gasteiger partial charge on any atom is -0.221 e. The van der Waals surface area contributed by atoms with Crippen LogP contribution in [0, 0.1) is 6.07 Å². The molecule has 143 valence electrons. The highest BCUT2D eigenvalue weighted by Crippen LogP contribution is 2.58. The molecule has 0 aromatic heterocycles. The smallest absolute Gasteiger partial charge is 0.221 e. The largest absolute Gasteiger partial charge is 0.457 e. The first kappa shape index (κ1) is 21.9. The van der Waals surface area contributed by atoms with Crippen LogP contribution in [0.1, 0.15) is 11.1 Å². The molecule has 25 heavy (non-hydrogen) atoms. The fourth-order valence-corrected chi connectivity index (χ4v) is 2.32. The van der Waals surface area contributed by atoms with Gasteiger partial charge in [0.15, 0.2) is 0 Å². The van der Waals surface area contributed by atoms with Crippen molar-refractivity contribution in [1.29, 1.82) is 0 Å². The van der Waals surface area contributed by atoms with E-state index in [0.29, 0.717) is 0 Å². The predicted octanol–water partition coefficient (Wildman–Crippen LogP) is 6.28. The van der Waals surface area contributed by atoms with E-state index in [2.05, 4.69) is 15.9 Å². The third-order valence-corrected chi connectivity index (χ3v) is 3.29. The summed E-state index contributed by atoms with van der Waals surface area (Å²) in [5, 5.41) is 0. The topological polar surface area (TPSA) is 0 Å². The van der Waals surface area contributed by atoms with Crippen LogP contribution in [0.15, 0.2) is 16.6 Å². The molecule has 0 fully saturated rings. The summed E-state index contributed by atoms with van der Waals surface area (Å²) in [5.41, 5.74) is -9.91. The van der Waals surface area contributed by atoms with Crippen molar-refractivity contribution in [3.8, 4) is 0 Å². The molecule has 0 aliphatic heterocycles. The molecule has 0 saturated carbocycles. The lowest BCUT2D eigenvalue weighted by atomic mass is 9.86. The first-order valence-corrected chi connectivity index (χ1v) is 6.61. The summed E-state index contributed by atoms with van der Waals surface area (Å²) in [6, 6.07) is 1.23. The van der Waals surface area contributed by atoms with Gasteiger partial charge in [-0.2, -0.15) is 48.3 Å². The second-order valence-corrected chi connectivity index (χ2v) is 5.62. The molecule has 1 aromatic carbocycles. The molecule has 1 aromatic rings. The number of hydrogen-bond acceptors (Lipinski definition) is 0. The Labute approximate surface area is 139 Å². The van der Waals surface area contributed by atoms with E-state index in [4.69, 9.17) is 0 Å². The summed E-state index contributed by atoms with van der Waals surface area (Å²) in [7, 11) is 0. The van der Waals surface area contributed by atoms with E-state index in [0.717, 1.165) is 0 Å². The molecule has 0 amide bonds. The van der Waals surface area contributed by atoms with Crippen molar-refractivity contribution in [3.05, 3.63) is 33.8 Å². The second kappa shape index (κ2) is 6.23. The number of alkyl halides is 12. The van der Waals surface area contributed by atoms with Gasteiger partial charge in [0, 0.05) is 16.1 Å². The standard InChI is InChI=1S/C12H4BrF12/c13-7-2-5(4-8(14,15)16)1-6(3-7)9(17,11(20,21)22)10(18,19)12(23,24)25/h1,3H,4H2. The molecule has 1 radical (unpaired) electrons. The average molecular weight is 456 g/mol. The Morgan fingerprint density at radius 1 is 0.760 bits per heavy atom. The van der Waals surface area contributed by atoms with Gasteiger partial charge in [-0.15, -0.1) is 0 Å². The predicted molar refractivity (Wildman–Crippen MR) is 62.6 cm³/mol. The zero-order valence-electron chi connectivity index (χ0n) is 11.3. The van der Waals surface area contributed by atoms with E-state index in [-0.39, 0.29) is 12.1 Å². The summed E-state index contributed by atoms with van der Waals surface area (Å²) >= 11 is 2.31. The number of hydrogen-bond donors (Lipinski definition) is 0. The van der Waals surface area contributed by atoms with Gasteiger partial charge in [0.05, 0.1) is 6.42 Å². The Morgan fingerprint density at radius 2 is 1.24 bits per heavy atom. The quantitative estimate of drug-likeness (QED) is 0.470. The Balaban J connectivity index is 3.70. The van der Waals surface area contributed by atoms with Crippen LogP contribution < -0.4 is 0 Å². The summed E-state index contributed by atoms with van der Waals surface area (Å²) in [4.78, 5) is 0. The number of benzene rings is 1.